The predicted octanol–water partition coefficient (Wildman–Crippen LogP) is 3.44. The maximum Gasteiger partial charge on any atom is 0.309 e. The van der Waals surface area contributed by atoms with Crippen molar-refractivity contribution < 1.29 is 24.9 Å². The molecule has 5 nitrogen and oxygen atoms in total. The number of unbranched alkanes of at least 4 members (excludes halogenated alkanes) is 2. The van der Waals surface area contributed by atoms with Gasteiger partial charge in [0.2, 0.25) is 0 Å². The Morgan fingerprint density at radius 2 is 1.59 bits per heavy atom. The highest BCUT2D eigenvalue weighted by Gasteiger charge is 2.49. The lowest BCUT2D eigenvalue weighted by atomic mass is 9.87. The maximum atomic E-state index is 11.0. The fourth-order valence-electron chi connectivity index (χ4n) is 2.76. The fraction of sp³-hybridized carbons (Fsp3) is 0.882. The van der Waals surface area contributed by atoms with Gasteiger partial charge in [0.05, 0.1) is 16.9 Å². The van der Waals surface area contributed by atoms with E-state index in [4.69, 9.17) is 10.2 Å². The molecule has 0 heterocycles. The van der Waals surface area contributed by atoms with Gasteiger partial charge in [0, 0.05) is 0 Å². The van der Waals surface area contributed by atoms with Gasteiger partial charge in [-0.1, -0.05) is 25.7 Å². The fourth-order valence-corrected chi connectivity index (χ4v) is 2.76. The van der Waals surface area contributed by atoms with Crippen LogP contribution in [0.1, 0.15) is 78.1 Å². The van der Waals surface area contributed by atoms with Crippen LogP contribution in [0.2, 0.25) is 0 Å². The normalized spacial score (nSPS) is 18.0. The minimum Gasteiger partial charge on any atom is -0.481 e. The highest BCUT2D eigenvalue weighted by molar-refractivity contribution is 5.77. The Morgan fingerprint density at radius 3 is 2.05 bits per heavy atom. The van der Waals surface area contributed by atoms with Crippen molar-refractivity contribution in [1.82, 2.24) is 0 Å². The lowest BCUT2D eigenvalue weighted by molar-refractivity contribution is -0.147. The highest BCUT2D eigenvalue weighted by Crippen LogP contribution is 2.50. The van der Waals surface area contributed by atoms with Crippen molar-refractivity contribution in [2.75, 3.05) is 0 Å². The zero-order valence-corrected chi connectivity index (χ0v) is 13.8. The van der Waals surface area contributed by atoms with E-state index in [1.165, 1.54) is 0 Å². The molecule has 22 heavy (non-hydrogen) atoms. The first-order valence-corrected chi connectivity index (χ1v) is 8.34. The van der Waals surface area contributed by atoms with Crippen molar-refractivity contribution in [3.63, 3.8) is 0 Å². The van der Waals surface area contributed by atoms with Crippen molar-refractivity contribution >= 4 is 11.9 Å². The number of hydrogen-bond donors (Lipinski definition) is 3. The standard InChI is InChI=1S/C17H30O5/c1-16(2,14(19)20)9-5-3-7-13(18)8-4-6-10-17(11-12-17)15(21)22/h13,18H,3-12H2,1-2H3,(H,19,20)(H,21,22). The second kappa shape index (κ2) is 7.95. The molecule has 1 atom stereocenters. The Balaban J connectivity index is 2.03. The third-order valence-corrected chi connectivity index (χ3v) is 4.92. The number of rotatable bonds is 12. The number of carbonyl (C=O) groups is 2. The van der Waals surface area contributed by atoms with Gasteiger partial charge >= 0.3 is 11.9 Å². The summed E-state index contributed by atoms with van der Waals surface area (Å²) in [4.78, 5) is 22.0. The van der Waals surface area contributed by atoms with Gasteiger partial charge in [-0.2, -0.15) is 0 Å². The first kappa shape index (κ1) is 18.9. The molecule has 1 aliphatic carbocycles. The molecule has 1 saturated carbocycles. The van der Waals surface area contributed by atoms with E-state index < -0.39 is 22.8 Å². The third-order valence-electron chi connectivity index (χ3n) is 4.92. The minimum absolute atomic E-state index is 0.354. The zero-order valence-electron chi connectivity index (χ0n) is 13.8. The average molecular weight is 314 g/mol. The molecule has 1 unspecified atom stereocenters. The number of carboxylic acid groups (broad SMARTS) is 2. The summed E-state index contributed by atoms with van der Waals surface area (Å²) in [5.41, 5.74) is -1.15. The highest BCUT2D eigenvalue weighted by atomic mass is 16.4. The van der Waals surface area contributed by atoms with Crippen LogP contribution >= 0.6 is 0 Å². The van der Waals surface area contributed by atoms with Crippen LogP contribution in [-0.4, -0.2) is 33.4 Å². The van der Waals surface area contributed by atoms with E-state index >= 15 is 0 Å². The molecule has 0 spiro atoms. The summed E-state index contributed by atoms with van der Waals surface area (Å²) in [6.45, 7) is 3.45. The van der Waals surface area contributed by atoms with E-state index in [1.807, 2.05) is 0 Å². The first-order chi connectivity index (χ1) is 10.2. The van der Waals surface area contributed by atoms with Crippen molar-refractivity contribution in [3.8, 4) is 0 Å². The summed E-state index contributed by atoms with van der Waals surface area (Å²) in [7, 11) is 0. The summed E-state index contributed by atoms with van der Waals surface area (Å²) in [5, 5.41) is 28.0. The van der Waals surface area contributed by atoms with Crippen LogP contribution in [-0.2, 0) is 9.59 Å². The second-order valence-corrected chi connectivity index (χ2v) is 7.42. The molecule has 1 fully saturated rings. The van der Waals surface area contributed by atoms with Gasteiger partial charge in [0.25, 0.3) is 0 Å². The van der Waals surface area contributed by atoms with Crippen molar-refractivity contribution in [2.24, 2.45) is 10.8 Å². The van der Waals surface area contributed by atoms with Gasteiger partial charge in [0.15, 0.2) is 0 Å². The van der Waals surface area contributed by atoms with Crippen LogP contribution in [0, 0.1) is 10.8 Å². The molecule has 0 bridgehead atoms. The molecular formula is C17H30O5. The van der Waals surface area contributed by atoms with E-state index in [0.29, 0.717) is 19.3 Å². The van der Waals surface area contributed by atoms with Crippen LogP contribution in [0.4, 0.5) is 0 Å². The molecule has 0 aromatic carbocycles. The van der Waals surface area contributed by atoms with Crippen molar-refractivity contribution in [2.45, 2.75) is 84.2 Å². The lowest BCUT2D eigenvalue weighted by Crippen LogP contribution is -2.23. The summed E-state index contributed by atoms with van der Waals surface area (Å²) in [6.07, 6.45) is 7.33. The summed E-state index contributed by atoms with van der Waals surface area (Å²) < 4.78 is 0. The van der Waals surface area contributed by atoms with E-state index in [9.17, 15) is 14.7 Å². The van der Waals surface area contributed by atoms with Gasteiger partial charge in [-0.05, 0) is 52.4 Å². The SMILES string of the molecule is CC(C)(CCCCC(O)CCCCC1(C(=O)O)CC1)C(=O)O. The van der Waals surface area contributed by atoms with E-state index in [-0.39, 0.29) is 6.10 Å². The Labute approximate surface area is 132 Å². The Bertz CT molecular complexity index is 361. The molecular weight excluding hydrogens is 284 g/mol. The molecule has 0 aromatic heterocycles. The van der Waals surface area contributed by atoms with Gasteiger partial charge in [-0.25, -0.2) is 0 Å². The zero-order chi connectivity index (χ0) is 16.8. The Hall–Kier alpha value is -1.10. The van der Waals surface area contributed by atoms with Crippen LogP contribution in [0.15, 0.2) is 0 Å². The Kier molecular flexibility index (Phi) is 6.85. The molecule has 0 amide bonds. The molecule has 5 heteroatoms. The van der Waals surface area contributed by atoms with E-state index in [2.05, 4.69) is 0 Å². The van der Waals surface area contributed by atoms with Crippen LogP contribution in [0.25, 0.3) is 0 Å². The monoisotopic (exact) mass is 314 g/mol. The third kappa shape index (κ3) is 5.95. The molecule has 0 radical (unpaired) electrons. The van der Waals surface area contributed by atoms with Crippen molar-refractivity contribution in [1.29, 1.82) is 0 Å². The summed E-state index contributed by atoms with van der Waals surface area (Å²) in [5.74, 6) is -1.45. The van der Waals surface area contributed by atoms with Crippen LogP contribution < -0.4 is 0 Å². The topological polar surface area (TPSA) is 94.8 Å². The average Bonchev–Trinajstić information content (AvgIpc) is 3.21. The van der Waals surface area contributed by atoms with Gasteiger partial charge in [0.1, 0.15) is 0 Å². The van der Waals surface area contributed by atoms with Gasteiger partial charge in [-0.15, -0.1) is 0 Å². The number of aliphatic carboxylic acids is 2. The molecule has 0 saturated heterocycles. The first-order valence-electron chi connectivity index (χ1n) is 8.34. The second-order valence-electron chi connectivity index (χ2n) is 7.42. The number of carboxylic acids is 2. The quantitative estimate of drug-likeness (QED) is 0.480. The van der Waals surface area contributed by atoms with Crippen LogP contribution in [0.3, 0.4) is 0 Å². The maximum absolute atomic E-state index is 11.0. The molecule has 1 aliphatic rings. The summed E-state index contributed by atoms with van der Waals surface area (Å²) in [6, 6.07) is 0. The smallest absolute Gasteiger partial charge is 0.309 e. The largest absolute Gasteiger partial charge is 0.481 e. The van der Waals surface area contributed by atoms with Crippen molar-refractivity contribution in [3.05, 3.63) is 0 Å². The number of aliphatic hydroxyl groups excluding tert-OH is 1. The molecule has 1 rings (SSSR count). The lowest BCUT2D eigenvalue weighted by Gasteiger charge is -2.19. The minimum atomic E-state index is -0.777. The number of hydrogen-bond acceptors (Lipinski definition) is 3. The Morgan fingerprint density at radius 1 is 1.05 bits per heavy atom. The molecule has 128 valence electrons. The molecule has 0 aliphatic heterocycles. The van der Waals surface area contributed by atoms with Gasteiger partial charge in [-0.3, -0.25) is 9.59 Å². The van der Waals surface area contributed by atoms with Crippen LogP contribution in [0.5, 0.6) is 0 Å². The van der Waals surface area contributed by atoms with Gasteiger partial charge < -0.3 is 15.3 Å². The van der Waals surface area contributed by atoms with E-state index in [0.717, 1.165) is 44.9 Å². The predicted molar refractivity (Wildman–Crippen MR) is 83.7 cm³/mol. The molecule has 3 N–H and O–H groups in total. The van der Waals surface area contributed by atoms with E-state index in [1.54, 1.807) is 13.8 Å². The summed E-state index contributed by atoms with van der Waals surface area (Å²) >= 11 is 0. The number of aliphatic hydroxyl groups is 1. The molecule has 0 aromatic rings.